The highest BCUT2D eigenvalue weighted by Gasteiger charge is 2.34. The second-order valence-electron chi connectivity index (χ2n) is 8.23. The van der Waals surface area contributed by atoms with Gasteiger partial charge in [-0.1, -0.05) is 35.4 Å². The van der Waals surface area contributed by atoms with E-state index in [-0.39, 0.29) is 18.0 Å². The van der Waals surface area contributed by atoms with Crippen molar-refractivity contribution in [1.29, 1.82) is 0 Å². The molecule has 33 heavy (non-hydrogen) atoms. The van der Waals surface area contributed by atoms with Crippen LogP contribution in [0.5, 0.6) is 0 Å². The molecule has 9 heteroatoms. The van der Waals surface area contributed by atoms with E-state index in [4.69, 9.17) is 11.6 Å². The molecule has 3 amide bonds. The maximum Gasteiger partial charge on any atom is 0.322 e. The van der Waals surface area contributed by atoms with Crippen molar-refractivity contribution in [1.82, 2.24) is 25.0 Å². The number of aryl methyl sites for hydroxylation is 2. The van der Waals surface area contributed by atoms with Crippen molar-refractivity contribution in [2.75, 3.05) is 18.9 Å². The molecular formula is C24H27ClN6O2. The highest BCUT2D eigenvalue weighted by Crippen LogP contribution is 2.32. The van der Waals surface area contributed by atoms with Crippen LogP contribution in [0, 0.1) is 13.8 Å². The zero-order valence-corrected chi connectivity index (χ0v) is 19.7. The minimum atomic E-state index is -0.259. The van der Waals surface area contributed by atoms with Crippen LogP contribution in [0.25, 0.3) is 0 Å². The normalized spacial score (nSPS) is 15.5. The highest BCUT2D eigenvalue weighted by atomic mass is 35.5. The number of rotatable bonds is 5. The summed E-state index contributed by atoms with van der Waals surface area (Å²) in [6.45, 7) is 5.01. The van der Waals surface area contributed by atoms with Crippen LogP contribution in [0.3, 0.4) is 0 Å². The summed E-state index contributed by atoms with van der Waals surface area (Å²) >= 11 is 6.02. The molecule has 0 aliphatic carbocycles. The first-order valence-corrected chi connectivity index (χ1v) is 11.3. The summed E-state index contributed by atoms with van der Waals surface area (Å²) in [5, 5.41) is 15.0. The van der Waals surface area contributed by atoms with Gasteiger partial charge in [-0.25, -0.2) is 4.79 Å². The van der Waals surface area contributed by atoms with Crippen LogP contribution in [0.1, 0.15) is 52.0 Å². The number of nitrogens with one attached hydrogen (secondary N) is 2. The van der Waals surface area contributed by atoms with E-state index in [1.165, 1.54) is 0 Å². The minimum Gasteiger partial charge on any atom is -0.355 e. The molecule has 1 fully saturated rings. The van der Waals surface area contributed by atoms with Crippen LogP contribution in [0.4, 0.5) is 10.5 Å². The predicted octanol–water partition coefficient (Wildman–Crippen LogP) is 4.33. The van der Waals surface area contributed by atoms with Gasteiger partial charge in [0.05, 0.1) is 23.8 Å². The van der Waals surface area contributed by atoms with Crippen molar-refractivity contribution in [2.24, 2.45) is 0 Å². The van der Waals surface area contributed by atoms with Gasteiger partial charge in [0.25, 0.3) is 5.91 Å². The van der Waals surface area contributed by atoms with Crippen molar-refractivity contribution >= 4 is 29.2 Å². The molecule has 2 aromatic carbocycles. The number of carbonyl (C=O) groups excluding carboxylic acids is 2. The van der Waals surface area contributed by atoms with E-state index in [2.05, 4.69) is 20.8 Å². The lowest BCUT2D eigenvalue weighted by Gasteiger charge is -2.25. The number of urea groups is 1. The Kier molecular flexibility index (Phi) is 6.65. The first-order chi connectivity index (χ1) is 15.9. The van der Waals surface area contributed by atoms with Crippen molar-refractivity contribution < 1.29 is 9.59 Å². The third kappa shape index (κ3) is 4.85. The molecule has 1 aliphatic heterocycles. The Morgan fingerprint density at radius 3 is 2.61 bits per heavy atom. The molecule has 0 saturated carbocycles. The average molecular weight is 467 g/mol. The Morgan fingerprint density at radius 2 is 1.88 bits per heavy atom. The van der Waals surface area contributed by atoms with Gasteiger partial charge in [-0.05, 0) is 56.5 Å². The van der Waals surface area contributed by atoms with Gasteiger partial charge < -0.3 is 20.1 Å². The second-order valence-corrected chi connectivity index (χ2v) is 8.66. The summed E-state index contributed by atoms with van der Waals surface area (Å²) in [6.07, 6.45) is 1.66. The number of halogens is 1. The first kappa shape index (κ1) is 22.8. The van der Waals surface area contributed by atoms with Crippen molar-refractivity contribution in [3.05, 3.63) is 75.8 Å². The van der Waals surface area contributed by atoms with E-state index in [1.807, 2.05) is 48.7 Å². The fourth-order valence-electron chi connectivity index (χ4n) is 4.17. The Bertz CT molecular complexity index is 1170. The Balaban J connectivity index is 1.57. The first-order valence-electron chi connectivity index (χ1n) is 10.9. The molecule has 0 spiro atoms. The number of hydrogen-bond acceptors (Lipinski definition) is 4. The molecule has 1 atom stereocenters. The van der Waals surface area contributed by atoms with Gasteiger partial charge in [0, 0.05) is 18.6 Å². The lowest BCUT2D eigenvalue weighted by atomic mass is 10.1. The van der Waals surface area contributed by atoms with E-state index >= 15 is 0 Å². The van der Waals surface area contributed by atoms with Gasteiger partial charge in [-0.2, -0.15) is 0 Å². The van der Waals surface area contributed by atoms with Crippen LogP contribution in [-0.4, -0.2) is 45.2 Å². The Hall–Kier alpha value is -3.39. The van der Waals surface area contributed by atoms with Crippen LogP contribution in [0.2, 0.25) is 5.02 Å². The molecule has 1 saturated heterocycles. The number of amides is 3. The SMILES string of the molecule is CNC(=O)c1cc(C)ccc1NC(=O)N1CCC[C@@H]1c1nnc(C)n1Cc1ccc(Cl)cc1. The summed E-state index contributed by atoms with van der Waals surface area (Å²) in [5.74, 6) is 1.29. The minimum absolute atomic E-state index is 0.201. The topological polar surface area (TPSA) is 92.2 Å². The average Bonchev–Trinajstić information content (AvgIpc) is 3.43. The van der Waals surface area contributed by atoms with Gasteiger partial charge >= 0.3 is 6.03 Å². The molecule has 3 aromatic rings. The third-order valence-corrected chi connectivity index (χ3v) is 6.17. The molecule has 2 N–H and O–H groups in total. The zero-order valence-electron chi connectivity index (χ0n) is 18.9. The van der Waals surface area contributed by atoms with Crippen LogP contribution >= 0.6 is 11.6 Å². The fourth-order valence-corrected chi connectivity index (χ4v) is 4.29. The molecule has 0 radical (unpaired) electrons. The molecule has 0 unspecified atom stereocenters. The lowest BCUT2D eigenvalue weighted by molar-refractivity contribution is 0.0964. The molecule has 0 bridgehead atoms. The van der Waals surface area contributed by atoms with Crippen molar-refractivity contribution in [3.8, 4) is 0 Å². The number of likely N-dealkylation sites (tertiary alicyclic amines) is 1. The number of hydrogen-bond donors (Lipinski definition) is 2. The lowest BCUT2D eigenvalue weighted by Crippen LogP contribution is -2.36. The second kappa shape index (κ2) is 9.62. The maximum atomic E-state index is 13.3. The Morgan fingerprint density at radius 1 is 1.12 bits per heavy atom. The number of carbonyl (C=O) groups is 2. The summed E-state index contributed by atoms with van der Waals surface area (Å²) in [5.41, 5.74) is 2.93. The van der Waals surface area contributed by atoms with Gasteiger partial charge in [0.15, 0.2) is 5.82 Å². The number of anilines is 1. The van der Waals surface area contributed by atoms with E-state index in [1.54, 1.807) is 24.1 Å². The van der Waals surface area contributed by atoms with Crippen molar-refractivity contribution in [3.63, 3.8) is 0 Å². The zero-order chi connectivity index (χ0) is 23.5. The number of aromatic nitrogens is 3. The third-order valence-electron chi connectivity index (χ3n) is 5.92. The molecule has 8 nitrogen and oxygen atoms in total. The Labute approximate surface area is 198 Å². The monoisotopic (exact) mass is 466 g/mol. The van der Waals surface area contributed by atoms with Crippen LogP contribution in [0.15, 0.2) is 42.5 Å². The summed E-state index contributed by atoms with van der Waals surface area (Å²) < 4.78 is 2.04. The molecule has 1 aliphatic rings. The number of nitrogens with zero attached hydrogens (tertiary/aromatic N) is 4. The van der Waals surface area contributed by atoms with E-state index in [9.17, 15) is 9.59 Å². The molecule has 1 aromatic heterocycles. The van der Waals surface area contributed by atoms with Crippen LogP contribution < -0.4 is 10.6 Å². The quantitative estimate of drug-likeness (QED) is 0.585. The van der Waals surface area contributed by atoms with E-state index < -0.39 is 0 Å². The van der Waals surface area contributed by atoms with Crippen LogP contribution in [-0.2, 0) is 6.54 Å². The standard InChI is InChI=1S/C24H27ClN6O2/c1-15-6-11-20(19(13-15)23(32)26-3)27-24(33)30-12-4-5-21(30)22-29-28-16(2)31(22)14-17-7-9-18(25)10-8-17/h6-11,13,21H,4-5,12,14H2,1-3H3,(H,26,32)(H,27,33)/t21-/m1/s1. The predicted molar refractivity (Wildman–Crippen MR) is 128 cm³/mol. The largest absolute Gasteiger partial charge is 0.355 e. The molecular weight excluding hydrogens is 440 g/mol. The fraction of sp³-hybridized carbons (Fsp3) is 0.333. The molecule has 172 valence electrons. The summed E-state index contributed by atoms with van der Waals surface area (Å²) in [4.78, 5) is 27.4. The number of benzene rings is 2. The maximum absolute atomic E-state index is 13.3. The van der Waals surface area contributed by atoms with E-state index in [0.717, 1.165) is 35.6 Å². The summed E-state index contributed by atoms with van der Waals surface area (Å²) in [7, 11) is 1.57. The van der Waals surface area contributed by atoms with Crippen molar-refractivity contribution in [2.45, 2.75) is 39.3 Å². The molecule has 2 heterocycles. The smallest absolute Gasteiger partial charge is 0.322 e. The van der Waals surface area contributed by atoms with Gasteiger partial charge in [0.1, 0.15) is 5.82 Å². The van der Waals surface area contributed by atoms with Gasteiger partial charge in [-0.3, -0.25) is 4.79 Å². The van der Waals surface area contributed by atoms with Gasteiger partial charge in [-0.15, -0.1) is 10.2 Å². The van der Waals surface area contributed by atoms with E-state index in [0.29, 0.717) is 29.4 Å². The molecule has 4 rings (SSSR count). The summed E-state index contributed by atoms with van der Waals surface area (Å²) in [6, 6.07) is 12.6. The highest BCUT2D eigenvalue weighted by molar-refractivity contribution is 6.30. The van der Waals surface area contributed by atoms with Gasteiger partial charge in [0.2, 0.25) is 0 Å².